The third-order valence-corrected chi connectivity index (χ3v) is 2.81. The Kier molecular flexibility index (Phi) is 3.97. The van der Waals surface area contributed by atoms with Crippen molar-refractivity contribution in [3.05, 3.63) is 6.07 Å². The molecule has 0 fully saturated rings. The number of aliphatic hydroxyl groups is 1. The molecule has 0 amide bonds. The van der Waals surface area contributed by atoms with Crippen LogP contribution < -0.4 is 11.5 Å². The summed E-state index contributed by atoms with van der Waals surface area (Å²) in [7, 11) is 0. The molecule has 5 N–H and O–H groups in total. The standard InChI is InChI=1S/C8H14N4OS/c1-5(3-13)4-14-7-2-6(9)11-8(10)12-7/h2,5,13H,3-4H2,1H3,(H4,9,10,11,12). The second-order valence-corrected chi connectivity index (χ2v) is 4.13. The lowest BCUT2D eigenvalue weighted by molar-refractivity contribution is 0.250. The number of nitrogens with two attached hydrogens (primary N) is 2. The van der Waals surface area contributed by atoms with Crippen molar-refractivity contribution in [1.82, 2.24) is 9.97 Å². The second kappa shape index (κ2) is 5.02. The van der Waals surface area contributed by atoms with Gasteiger partial charge in [0.25, 0.3) is 0 Å². The van der Waals surface area contributed by atoms with Crippen LogP contribution in [0.2, 0.25) is 0 Å². The lowest BCUT2D eigenvalue weighted by atomic mass is 10.2. The van der Waals surface area contributed by atoms with E-state index in [4.69, 9.17) is 16.6 Å². The summed E-state index contributed by atoms with van der Waals surface area (Å²) in [6.45, 7) is 2.13. The number of rotatable bonds is 4. The van der Waals surface area contributed by atoms with Crippen LogP contribution in [0.25, 0.3) is 0 Å². The number of hydrogen-bond donors (Lipinski definition) is 3. The summed E-state index contributed by atoms with van der Waals surface area (Å²) in [4.78, 5) is 7.77. The molecule has 6 heteroatoms. The van der Waals surface area contributed by atoms with Crippen LogP contribution in [-0.2, 0) is 0 Å². The number of anilines is 2. The second-order valence-electron chi connectivity index (χ2n) is 3.09. The highest BCUT2D eigenvalue weighted by Crippen LogP contribution is 2.20. The van der Waals surface area contributed by atoms with Crippen LogP contribution in [0.5, 0.6) is 0 Å². The van der Waals surface area contributed by atoms with Gasteiger partial charge in [0.15, 0.2) is 0 Å². The zero-order valence-electron chi connectivity index (χ0n) is 7.97. The highest BCUT2D eigenvalue weighted by molar-refractivity contribution is 7.99. The van der Waals surface area contributed by atoms with E-state index in [1.807, 2.05) is 6.92 Å². The van der Waals surface area contributed by atoms with E-state index in [0.717, 1.165) is 10.8 Å². The van der Waals surface area contributed by atoms with Gasteiger partial charge in [-0.3, -0.25) is 0 Å². The molecule has 0 radical (unpaired) electrons. The van der Waals surface area contributed by atoms with Crippen molar-refractivity contribution in [2.45, 2.75) is 11.9 Å². The van der Waals surface area contributed by atoms with Crippen LogP contribution in [0.15, 0.2) is 11.1 Å². The summed E-state index contributed by atoms with van der Waals surface area (Å²) in [5.74, 6) is 1.57. The van der Waals surface area contributed by atoms with Crippen molar-refractivity contribution in [1.29, 1.82) is 0 Å². The molecule has 14 heavy (non-hydrogen) atoms. The Labute approximate surface area is 86.9 Å². The first-order valence-electron chi connectivity index (χ1n) is 4.25. The molecule has 0 aromatic carbocycles. The minimum Gasteiger partial charge on any atom is -0.396 e. The lowest BCUT2D eigenvalue weighted by Gasteiger charge is -2.06. The molecule has 0 spiro atoms. The summed E-state index contributed by atoms with van der Waals surface area (Å²) in [5, 5.41) is 9.57. The minimum absolute atomic E-state index is 0.170. The normalized spacial score (nSPS) is 12.7. The fourth-order valence-corrected chi connectivity index (χ4v) is 1.74. The zero-order valence-corrected chi connectivity index (χ0v) is 8.79. The first kappa shape index (κ1) is 11.1. The highest BCUT2D eigenvalue weighted by atomic mass is 32.2. The summed E-state index contributed by atoms with van der Waals surface area (Å²) in [6.07, 6.45) is 0. The topological polar surface area (TPSA) is 98.0 Å². The van der Waals surface area contributed by atoms with Crippen LogP contribution in [-0.4, -0.2) is 27.4 Å². The Balaban J connectivity index is 2.58. The van der Waals surface area contributed by atoms with E-state index >= 15 is 0 Å². The van der Waals surface area contributed by atoms with E-state index in [-0.39, 0.29) is 18.5 Å². The van der Waals surface area contributed by atoms with Gasteiger partial charge in [0.2, 0.25) is 5.95 Å². The molecular weight excluding hydrogens is 200 g/mol. The molecule has 1 unspecified atom stereocenters. The van der Waals surface area contributed by atoms with Gasteiger partial charge in [-0.2, -0.15) is 4.98 Å². The quantitative estimate of drug-likeness (QED) is 0.494. The Morgan fingerprint density at radius 3 is 2.79 bits per heavy atom. The smallest absolute Gasteiger partial charge is 0.223 e. The van der Waals surface area contributed by atoms with Gasteiger partial charge in [-0.05, 0) is 5.92 Å². The van der Waals surface area contributed by atoms with E-state index < -0.39 is 0 Å². The van der Waals surface area contributed by atoms with Crippen molar-refractivity contribution in [3.8, 4) is 0 Å². The van der Waals surface area contributed by atoms with Gasteiger partial charge < -0.3 is 16.6 Å². The van der Waals surface area contributed by atoms with Crippen LogP contribution in [0.3, 0.4) is 0 Å². The van der Waals surface area contributed by atoms with Gasteiger partial charge in [-0.1, -0.05) is 6.92 Å². The molecule has 0 aliphatic rings. The van der Waals surface area contributed by atoms with Crippen LogP contribution in [0.4, 0.5) is 11.8 Å². The lowest BCUT2D eigenvalue weighted by Crippen LogP contribution is -2.05. The van der Waals surface area contributed by atoms with Gasteiger partial charge in [-0.25, -0.2) is 4.98 Å². The van der Waals surface area contributed by atoms with E-state index in [9.17, 15) is 0 Å². The first-order chi connectivity index (χ1) is 6.61. The fourth-order valence-electron chi connectivity index (χ4n) is 0.816. The fraction of sp³-hybridized carbons (Fsp3) is 0.500. The van der Waals surface area contributed by atoms with E-state index in [2.05, 4.69) is 9.97 Å². The number of aromatic nitrogens is 2. The SMILES string of the molecule is CC(CO)CSc1cc(N)nc(N)n1. The molecular formula is C8H14N4OS. The monoisotopic (exact) mass is 214 g/mol. The van der Waals surface area contributed by atoms with Gasteiger partial charge in [0.05, 0.1) is 0 Å². The van der Waals surface area contributed by atoms with Crippen molar-refractivity contribution < 1.29 is 5.11 Å². The largest absolute Gasteiger partial charge is 0.396 e. The van der Waals surface area contributed by atoms with Crippen LogP contribution >= 0.6 is 11.8 Å². The van der Waals surface area contributed by atoms with E-state index in [0.29, 0.717) is 5.82 Å². The predicted molar refractivity (Wildman–Crippen MR) is 57.8 cm³/mol. The Hall–Kier alpha value is -1.01. The molecule has 0 aliphatic carbocycles. The number of hydrogen-bond acceptors (Lipinski definition) is 6. The molecule has 0 bridgehead atoms. The molecule has 1 heterocycles. The molecule has 0 aliphatic heterocycles. The zero-order chi connectivity index (χ0) is 10.6. The molecule has 0 saturated heterocycles. The molecule has 78 valence electrons. The first-order valence-corrected chi connectivity index (χ1v) is 5.24. The third-order valence-electron chi connectivity index (χ3n) is 1.57. The maximum Gasteiger partial charge on any atom is 0.223 e. The van der Waals surface area contributed by atoms with Crippen molar-refractivity contribution in [3.63, 3.8) is 0 Å². The van der Waals surface area contributed by atoms with Crippen molar-refractivity contribution in [2.75, 3.05) is 23.8 Å². The van der Waals surface area contributed by atoms with Gasteiger partial charge in [0.1, 0.15) is 10.8 Å². The molecule has 1 aromatic rings. The Morgan fingerprint density at radius 1 is 1.50 bits per heavy atom. The third kappa shape index (κ3) is 3.39. The number of thioether (sulfide) groups is 1. The van der Waals surface area contributed by atoms with Crippen molar-refractivity contribution in [2.24, 2.45) is 5.92 Å². The average Bonchev–Trinajstić information content (AvgIpc) is 2.12. The summed E-state index contributed by atoms with van der Waals surface area (Å²) in [6, 6.07) is 1.67. The van der Waals surface area contributed by atoms with Gasteiger partial charge in [0, 0.05) is 18.4 Å². The maximum atomic E-state index is 8.83. The molecule has 1 atom stereocenters. The minimum atomic E-state index is 0.170. The molecule has 5 nitrogen and oxygen atoms in total. The number of aliphatic hydroxyl groups excluding tert-OH is 1. The summed E-state index contributed by atoms with van der Waals surface area (Å²) < 4.78 is 0. The molecule has 0 saturated carbocycles. The van der Waals surface area contributed by atoms with Crippen molar-refractivity contribution >= 4 is 23.5 Å². The maximum absolute atomic E-state index is 8.83. The number of nitrogen functional groups attached to an aromatic ring is 2. The van der Waals surface area contributed by atoms with Gasteiger partial charge >= 0.3 is 0 Å². The molecule has 1 aromatic heterocycles. The summed E-state index contributed by atoms with van der Waals surface area (Å²) in [5.41, 5.74) is 10.9. The Bertz CT molecular complexity index is 287. The highest BCUT2D eigenvalue weighted by Gasteiger charge is 2.04. The molecule has 1 rings (SSSR count). The number of nitrogens with zero attached hydrogens (tertiary/aromatic N) is 2. The Morgan fingerprint density at radius 2 is 2.21 bits per heavy atom. The average molecular weight is 214 g/mol. The van der Waals surface area contributed by atoms with Gasteiger partial charge in [-0.15, -0.1) is 11.8 Å². The van der Waals surface area contributed by atoms with Crippen LogP contribution in [0, 0.1) is 5.92 Å². The van der Waals surface area contributed by atoms with E-state index in [1.54, 1.807) is 6.07 Å². The summed E-state index contributed by atoms with van der Waals surface area (Å²) >= 11 is 1.51. The van der Waals surface area contributed by atoms with E-state index in [1.165, 1.54) is 11.8 Å². The predicted octanol–water partition coefficient (Wildman–Crippen LogP) is 0.361. The van der Waals surface area contributed by atoms with Crippen LogP contribution in [0.1, 0.15) is 6.92 Å².